The van der Waals surface area contributed by atoms with Crippen LogP contribution in [-0.4, -0.2) is 184 Å². The molecule has 89 heavy (non-hydrogen) atoms. The molecule has 0 saturated carbocycles. The lowest BCUT2D eigenvalue weighted by Gasteiger charge is -2.41. The van der Waals surface area contributed by atoms with E-state index in [4.69, 9.17) is 47.1 Å². The van der Waals surface area contributed by atoms with E-state index < -0.39 is 43.7 Å². The van der Waals surface area contributed by atoms with E-state index in [-0.39, 0.29) is 102 Å². The number of benzene rings is 3. The van der Waals surface area contributed by atoms with Crippen LogP contribution in [-0.2, 0) is 28.5 Å². The minimum Gasteiger partial charge on any atom is -0.478 e. The average Bonchev–Trinajstić information content (AvgIpc) is 1.20. The molecule has 0 bridgehead atoms. The number of halogens is 4. The third kappa shape index (κ3) is 14.7. The van der Waals surface area contributed by atoms with E-state index >= 15 is 4.39 Å². The third-order valence-corrected chi connectivity index (χ3v) is 22.0. The molecular weight excluding hydrogens is 1220 g/mol. The number of carbonyl (C=O) groups excluding carboxylic acids is 3. The molecule has 10 rings (SSSR count). The van der Waals surface area contributed by atoms with E-state index in [9.17, 15) is 28.7 Å². The largest absolute Gasteiger partial charge is 0.478 e. The SMILES string of the molecule is Cc1sc2c(c1C)C(c1ccc(Cl)cc1)=N[C@H](CC(=O)NCCOCCOCCNC(=O)C1(F)C[N+](=C3C=CC4=C(c5cc(C(=O)NCCOCCOCCCCCCCl)ccc5C(=O)O)c5ccc(N6CC(F)C6)cc5[Si](C)(C)C4=C3)C1)c1nnc(C)n1-2. The maximum absolute atomic E-state index is 16.3. The highest BCUT2D eigenvalue weighted by atomic mass is 35.5. The summed E-state index contributed by atoms with van der Waals surface area (Å²) in [4.78, 5) is 61.8. The van der Waals surface area contributed by atoms with Crippen molar-refractivity contribution in [1.29, 1.82) is 0 Å². The van der Waals surface area contributed by atoms with Gasteiger partial charge in [-0.1, -0.05) is 55.7 Å². The minimum absolute atomic E-state index is 0.00966. The number of aliphatic imine (C=N–C) groups is 1. The van der Waals surface area contributed by atoms with E-state index in [0.717, 1.165) is 85.2 Å². The first-order valence-corrected chi connectivity index (χ1v) is 35.0. The number of nitrogens with zero attached hydrogens (tertiary/aromatic N) is 6. The number of nitrogens with one attached hydrogen (secondary N) is 3. The smallest absolute Gasteiger partial charge is 0.336 e. The number of aryl methyl sites for hydroxylation is 2. The van der Waals surface area contributed by atoms with Crippen LogP contribution in [0.15, 0.2) is 94.7 Å². The highest BCUT2D eigenvalue weighted by Gasteiger charge is 2.57. The van der Waals surface area contributed by atoms with Crippen molar-refractivity contribution in [3.8, 4) is 5.00 Å². The average molecular weight is 1300 g/mol. The molecule has 3 amide bonds. The molecule has 4 N–H and O–H groups in total. The van der Waals surface area contributed by atoms with Crippen molar-refractivity contribution in [2.75, 3.05) is 109 Å². The number of thiophene rings is 1. The Hall–Kier alpha value is -6.76. The fourth-order valence-corrected chi connectivity index (χ4v) is 16.4. The molecule has 2 aromatic heterocycles. The van der Waals surface area contributed by atoms with Gasteiger partial charge in [-0.15, -0.1) is 33.1 Å². The number of allylic oxidation sites excluding steroid dienone is 5. The van der Waals surface area contributed by atoms with Gasteiger partial charge in [-0.25, -0.2) is 18.2 Å². The quantitative estimate of drug-likeness (QED) is 0.0154. The first kappa shape index (κ1) is 65.2. The van der Waals surface area contributed by atoms with Gasteiger partial charge in [-0.3, -0.25) is 23.9 Å². The lowest BCUT2D eigenvalue weighted by atomic mass is 9.86. The summed E-state index contributed by atoms with van der Waals surface area (Å²) in [6.45, 7) is 13.7. The van der Waals surface area contributed by atoms with Crippen molar-refractivity contribution in [2.24, 2.45) is 4.99 Å². The van der Waals surface area contributed by atoms with Gasteiger partial charge in [0.05, 0.1) is 77.0 Å². The standard InChI is InChI=1S/C65H75Cl2F2N9O9SSi/c1-40-41(2)88-62-57(40)59(43-10-13-45(67)14-11-43)73-53(60-75-74-42(3)78(60)62)35-56(79)70-21-25-85-30-31-87-27-23-72-64(83)65(69)38-77(39-65)48-16-19-51-55(34-48)89(4,5)54-33-47(76-36-46(68)37-76)15-18-50(54)58(51)52-32-44(12-17-49(52)63(81)82)61(80)71-22-26-86-29-28-84-24-9-7-6-8-20-66/h10-19,32-34,46,53H,6-9,20-31,35-39H2,1-5H3,(H3-,70,71,72,79,80,81,82,83)/p+1/t53-/m1/s1. The number of carbonyl (C=O) groups is 4. The topological polar surface area (TPSA) is 211 Å². The minimum atomic E-state index is -2.66. The lowest BCUT2D eigenvalue weighted by molar-refractivity contribution is -0.612. The molecule has 18 nitrogen and oxygen atoms in total. The zero-order valence-electron chi connectivity index (χ0n) is 50.8. The predicted octanol–water partition coefficient (Wildman–Crippen LogP) is 8.52. The maximum atomic E-state index is 16.3. The number of carboxylic acids is 1. The highest BCUT2D eigenvalue weighted by Crippen LogP contribution is 2.44. The summed E-state index contributed by atoms with van der Waals surface area (Å²) in [5.41, 5.74) is 6.01. The van der Waals surface area contributed by atoms with Crippen molar-refractivity contribution in [3.05, 3.63) is 150 Å². The van der Waals surface area contributed by atoms with Crippen LogP contribution < -0.4 is 26.0 Å². The van der Waals surface area contributed by atoms with Gasteiger partial charge in [0, 0.05) is 76.6 Å². The normalized spacial score (nSPS) is 18.2. The highest BCUT2D eigenvalue weighted by molar-refractivity contribution is 7.15. The fourth-order valence-electron chi connectivity index (χ4n) is 11.8. The summed E-state index contributed by atoms with van der Waals surface area (Å²) in [6, 6.07) is 17.5. The number of ether oxygens (including phenoxy) is 4. The number of fused-ring (bicyclic) bond motifs is 5. The molecule has 5 aromatic rings. The van der Waals surface area contributed by atoms with Crippen LogP contribution >= 0.6 is 34.5 Å². The van der Waals surface area contributed by atoms with E-state index in [1.165, 1.54) is 12.1 Å². The molecule has 1 aliphatic carbocycles. The zero-order chi connectivity index (χ0) is 63.0. The summed E-state index contributed by atoms with van der Waals surface area (Å²) in [5.74, 6) is -0.576. The molecular formula is C65H76Cl2F2N9O9SSi+. The van der Waals surface area contributed by atoms with Crippen LogP contribution in [0.2, 0.25) is 18.1 Å². The summed E-state index contributed by atoms with van der Waals surface area (Å²) in [7, 11) is -2.66. The first-order valence-electron chi connectivity index (χ1n) is 30.3. The second-order valence-corrected chi connectivity index (χ2v) is 29.7. The molecule has 1 atom stereocenters. The molecule has 6 heterocycles. The van der Waals surface area contributed by atoms with Gasteiger partial charge in [0.1, 0.15) is 31.1 Å². The number of hydrogen-bond acceptors (Lipinski definition) is 13. The van der Waals surface area contributed by atoms with Gasteiger partial charge in [-0.05, 0) is 120 Å². The second-order valence-electron chi connectivity index (χ2n) is 23.4. The Kier molecular flexibility index (Phi) is 21.3. The van der Waals surface area contributed by atoms with Crippen LogP contribution in [0.1, 0.15) is 103 Å². The Balaban J connectivity index is 0.718. The second kappa shape index (κ2) is 29.0. The van der Waals surface area contributed by atoms with E-state index in [1.807, 2.05) is 75.6 Å². The zero-order valence-corrected chi connectivity index (χ0v) is 54.2. The summed E-state index contributed by atoms with van der Waals surface area (Å²) in [5, 5.41) is 31.6. The number of anilines is 1. The van der Waals surface area contributed by atoms with E-state index in [1.54, 1.807) is 17.4 Å². The molecule has 2 saturated heterocycles. The molecule has 472 valence electrons. The number of aromatic carboxylic acids is 1. The van der Waals surface area contributed by atoms with Crippen LogP contribution in [0.25, 0.3) is 10.6 Å². The van der Waals surface area contributed by atoms with E-state index in [0.29, 0.717) is 59.2 Å². The number of hydrogen-bond donors (Lipinski definition) is 4. The Morgan fingerprint density at radius 3 is 2.17 bits per heavy atom. The summed E-state index contributed by atoms with van der Waals surface area (Å²) >= 11 is 13.6. The van der Waals surface area contributed by atoms with Gasteiger partial charge < -0.3 is 44.9 Å². The Morgan fingerprint density at radius 1 is 0.809 bits per heavy atom. The van der Waals surface area contributed by atoms with Gasteiger partial charge in [-0.2, -0.15) is 0 Å². The Bertz CT molecular complexity index is 3650. The predicted molar refractivity (Wildman–Crippen MR) is 345 cm³/mol. The summed E-state index contributed by atoms with van der Waals surface area (Å²) < 4.78 is 57.1. The van der Waals surface area contributed by atoms with Crippen LogP contribution in [0, 0.1) is 20.8 Å². The molecule has 4 aliphatic heterocycles. The number of alkyl halides is 3. The van der Waals surface area contributed by atoms with Crippen molar-refractivity contribution in [3.63, 3.8) is 0 Å². The van der Waals surface area contributed by atoms with Gasteiger partial charge in [0.15, 0.2) is 24.6 Å². The number of rotatable bonds is 29. The molecule has 24 heteroatoms. The molecule has 0 radical (unpaired) electrons. The van der Waals surface area contributed by atoms with Crippen LogP contribution in [0.4, 0.5) is 14.5 Å². The van der Waals surface area contributed by atoms with Gasteiger partial charge in [0.2, 0.25) is 5.91 Å². The van der Waals surface area contributed by atoms with Gasteiger partial charge >= 0.3 is 11.6 Å². The number of aromatic nitrogens is 3. The van der Waals surface area contributed by atoms with Crippen LogP contribution in [0.3, 0.4) is 0 Å². The molecule has 5 aliphatic rings. The Labute approximate surface area is 532 Å². The number of unbranched alkanes of at least 4 members (excludes halogenated alkanes) is 3. The third-order valence-electron chi connectivity index (χ3n) is 16.8. The number of amides is 3. The molecule has 2 fully saturated rings. The molecule has 0 unspecified atom stereocenters. The van der Waals surface area contributed by atoms with Crippen molar-refractivity contribution in [2.45, 2.75) is 83.9 Å². The fraction of sp³-hybridized carbons (Fsp3) is 0.446. The van der Waals surface area contributed by atoms with Crippen molar-refractivity contribution >= 4 is 94.2 Å². The maximum Gasteiger partial charge on any atom is 0.336 e. The number of carboxylic acid groups (broad SMARTS) is 1. The van der Waals surface area contributed by atoms with Crippen LogP contribution in [0.5, 0.6) is 0 Å². The van der Waals surface area contributed by atoms with Crippen molar-refractivity contribution < 1.29 is 56.6 Å². The van der Waals surface area contributed by atoms with Crippen molar-refractivity contribution in [1.82, 2.24) is 30.7 Å². The van der Waals surface area contributed by atoms with Gasteiger partial charge in [0.25, 0.3) is 11.8 Å². The molecule has 3 aromatic carbocycles. The summed E-state index contributed by atoms with van der Waals surface area (Å²) in [6.07, 6.45) is 9.01. The Morgan fingerprint density at radius 2 is 1.48 bits per heavy atom. The first-order chi connectivity index (χ1) is 42.9. The van der Waals surface area contributed by atoms with E-state index in [2.05, 4.69) is 59.2 Å². The lowest BCUT2D eigenvalue weighted by Crippen LogP contribution is -2.63. The molecule has 0 spiro atoms. The monoisotopic (exact) mass is 1290 g/mol.